The minimum Gasteiger partial charge on any atom is -0.349 e. The molecule has 2 rings (SSSR count). The Hall–Kier alpha value is -2.41. The zero-order chi connectivity index (χ0) is 19.1. The van der Waals surface area contributed by atoms with Crippen LogP contribution in [0, 0.1) is 18.6 Å². The molecule has 2 aromatic rings. The van der Waals surface area contributed by atoms with E-state index in [1.807, 2.05) is 31.2 Å². The van der Waals surface area contributed by atoms with E-state index in [-0.39, 0.29) is 23.3 Å². The molecule has 7 heteroatoms. The Labute approximate surface area is 155 Å². The molecule has 1 atom stereocenters. The van der Waals surface area contributed by atoms with E-state index < -0.39 is 17.7 Å². The average Bonchev–Trinajstić information content (AvgIpc) is 2.59. The molecule has 0 aliphatic rings. The summed E-state index contributed by atoms with van der Waals surface area (Å²) in [5.41, 5.74) is 2.28. The van der Waals surface area contributed by atoms with Crippen LogP contribution in [-0.2, 0) is 9.59 Å². The van der Waals surface area contributed by atoms with Gasteiger partial charge in [0.2, 0.25) is 11.8 Å². The van der Waals surface area contributed by atoms with Crippen molar-refractivity contribution < 1.29 is 18.4 Å². The number of benzene rings is 2. The average molecular weight is 378 g/mol. The van der Waals surface area contributed by atoms with Gasteiger partial charge in [-0.2, -0.15) is 0 Å². The second kappa shape index (κ2) is 9.33. The molecular formula is C19H20F2N2O2S. The molecule has 0 bridgehead atoms. The maximum atomic E-state index is 13.2. The van der Waals surface area contributed by atoms with Gasteiger partial charge in [0.15, 0.2) is 11.6 Å². The van der Waals surface area contributed by atoms with Gasteiger partial charge in [0.1, 0.15) is 0 Å². The van der Waals surface area contributed by atoms with E-state index in [4.69, 9.17) is 0 Å². The molecule has 0 aromatic heterocycles. The van der Waals surface area contributed by atoms with Crippen molar-refractivity contribution in [1.82, 2.24) is 5.32 Å². The Morgan fingerprint density at radius 1 is 1.00 bits per heavy atom. The number of anilines is 1. The highest BCUT2D eigenvalue weighted by atomic mass is 32.2. The van der Waals surface area contributed by atoms with Crippen molar-refractivity contribution in [2.24, 2.45) is 0 Å². The zero-order valence-electron chi connectivity index (χ0n) is 14.5. The normalized spacial score (nSPS) is 11.7. The molecule has 0 radical (unpaired) electrons. The highest BCUT2D eigenvalue weighted by Crippen LogP contribution is 2.16. The molecule has 0 aliphatic carbocycles. The smallest absolute Gasteiger partial charge is 0.234 e. The highest BCUT2D eigenvalue weighted by Gasteiger charge is 2.13. The Balaban J connectivity index is 1.73. The summed E-state index contributed by atoms with van der Waals surface area (Å²) in [5.74, 6) is -2.13. The third-order valence-corrected chi connectivity index (χ3v) is 4.56. The van der Waals surface area contributed by atoms with Crippen LogP contribution >= 0.6 is 11.8 Å². The first-order valence-corrected chi connectivity index (χ1v) is 9.19. The van der Waals surface area contributed by atoms with Crippen LogP contribution in [-0.4, -0.2) is 23.3 Å². The molecule has 0 saturated heterocycles. The van der Waals surface area contributed by atoms with Crippen LogP contribution < -0.4 is 10.6 Å². The number of rotatable bonds is 7. The number of nitrogens with one attached hydrogen (secondary N) is 2. The predicted octanol–water partition coefficient (Wildman–Crippen LogP) is 3.82. The van der Waals surface area contributed by atoms with Gasteiger partial charge in [-0.25, -0.2) is 8.78 Å². The monoisotopic (exact) mass is 378 g/mol. The maximum Gasteiger partial charge on any atom is 0.234 e. The number of aryl methyl sites for hydroxylation is 1. The number of amides is 2. The van der Waals surface area contributed by atoms with Crippen LogP contribution in [0.25, 0.3) is 0 Å². The first kappa shape index (κ1) is 19.9. The van der Waals surface area contributed by atoms with Crippen LogP contribution in [0.2, 0.25) is 0 Å². The first-order chi connectivity index (χ1) is 12.3. The number of hydrogen-bond donors (Lipinski definition) is 2. The van der Waals surface area contributed by atoms with Crippen LogP contribution in [0.5, 0.6) is 0 Å². The van der Waals surface area contributed by atoms with Gasteiger partial charge >= 0.3 is 0 Å². The van der Waals surface area contributed by atoms with Gasteiger partial charge in [-0.3, -0.25) is 9.59 Å². The first-order valence-electron chi connectivity index (χ1n) is 8.03. The number of carbonyl (C=O) groups is 2. The van der Waals surface area contributed by atoms with Crippen molar-refractivity contribution in [3.05, 3.63) is 65.2 Å². The van der Waals surface area contributed by atoms with E-state index >= 15 is 0 Å². The Morgan fingerprint density at radius 3 is 2.31 bits per heavy atom. The van der Waals surface area contributed by atoms with Crippen LogP contribution in [0.1, 0.15) is 24.1 Å². The number of thioether (sulfide) groups is 1. The van der Waals surface area contributed by atoms with Crippen molar-refractivity contribution in [2.45, 2.75) is 19.9 Å². The van der Waals surface area contributed by atoms with E-state index in [1.165, 1.54) is 17.8 Å². The summed E-state index contributed by atoms with van der Waals surface area (Å²) >= 11 is 1.18. The third-order valence-electron chi connectivity index (χ3n) is 3.62. The lowest BCUT2D eigenvalue weighted by Gasteiger charge is -2.14. The van der Waals surface area contributed by atoms with Gasteiger partial charge in [0.05, 0.1) is 17.5 Å². The van der Waals surface area contributed by atoms with Gasteiger partial charge in [-0.05, 0) is 43.7 Å². The van der Waals surface area contributed by atoms with E-state index in [0.29, 0.717) is 11.3 Å². The lowest BCUT2D eigenvalue weighted by Crippen LogP contribution is -2.29. The molecule has 26 heavy (non-hydrogen) atoms. The minimum absolute atomic E-state index is 0.0926. The van der Waals surface area contributed by atoms with Gasteiger partial charge in [0.25, 0.3) is 0 Å². The van der Waals surface area contributed by atoms with Crippen molar-refractivity contribution in [3.63, 3.8) is 0 Å². The quantitative estimate of drug-likeness (QED) is 0.770. The third kappa shape index (κ3) is 6.15. The summed E-state index contributed by atoms with van der Waals surface area (Å²) in [4.78, 5) is 23.8. The van der Waals surface area contributed by atoms with Crippen molar-refractivity contribution in [3.8, 4) is 0 Å². The van der Waals surface area contributed by atoms with Gasteiger partial charge in [0, 0.05) is 5.69 Å². The van der Waals surface area contributed by atoms with Crippen molar-refractivity contribution >= 4 is 29.3 Å². The largest absolute Gasteiger partial charge is 0.349 e. The fourth-order valence-corrected chi connectivity index (χ4v) is 2.85. The van der Waals surface area contributed by atoms with Gasteiger partial charge in [-0.15, -0.1) is 11.8 Å². The standard InChI is InChI=1S/C19H20F2N2O2S/c1-12-3-6-15(7-4-12)23-19(25)11-26-10-18(24)22-13(2)14-5-8-16(20)17(21)9-14/h3-9,13H,10-11H2,1-2H3,(H,22,24)(H,23,25). The second-order valence-electron chi connectivity index (χ2n) is 5.87. The minimum atomic E-state index is -0.953. The molecule has 4 nitrogen and oxygen atoms in total. The van der Waals surface area contributed by atoms with Crippen LogP contribution in [0.4, 0.5) is 14.5 Å². The zero-order valence-corrected chi connectivity index (χ0v) is 15.3. The Morgan fingerprint density at radius 2 is 1.65 bits per heavy atom. The summed E-state index contributed by atoms with van der Waals surface area (Å²) < 4.78 is 26.2. The van der Waals surface area contributed by atoms with Crippen molar-refractivity contribution in [1.29, 1.82) is 0 Å². The Kier molecular flexibility index (Phi) is 7.15. The molecule has 2 aromatic carbocycles. The molecule has 0 heterocycles. The molecule has 0 fully saturated rings. The molecule has 138 valence electrons. The van der Waals surface area contributed by atoms with Gasteiger partial charge in [-0.1, -0.05) is 23.8 Å². The van der Waals surface area contributed by atoms with Crippen molar-refractivity contribution in [2.75, 3.05) is 16.8 Å². The fourth-order valence-electron chi connectivity index (χ4n) is 2.22. The topological polar surface area (TPSA) is 58.2 Å². The highest BCUT2D eigenvalue weighted by molar-refractivity contribution is 8.00. The SMILES string of the molecule is Cc1ccc(NC(=O)CSCC(=O)NC(C)c2ccc(F)c(F)c2)cc1. The lowest BCUT2D eigenvalue weighted by molar-refractivity contribution is -0.119. The summed E-state index contributed by atoms with van der Waals surface area (Å²) in [6.45, 7) is 3.64. The number of halogens is 2. The second-order valence-corrected chi connectivity index (χ2v) is 6.86. The lowest BCUT2D eigenvalue weighted by atomic mass is 10.1. The number of carbonyl (C=O) groups excluding carboxylic acids is 2. The van der Waals surface area contributed by atoms with E-state index in [1.54, 1.807) is 6.92 Å². The van der Waals surface area contributed by atoms with E-state index in [0.717, 1.165) is 17.7 Å². The van der Waals surface area contributed by atoms with Crippen LogP contribution in [0.3, 0.4) is 0 Å². The molecular weight excluding hydrogens is 358 g/mol. The summed E-state index contributed by atoms with van der Waals surface area (Å²) in [6.07, 6.45) is 0. The molecule has 0 spiro atoms. The van der Waals surface area contributed by atoms with Gasteiger partial charge < -0.3 is 10.6 Å². The van der Waals surface area contributed by atoms with E-state index in [9.17, 15) is 18.4 Å². The number of hydrogen-bond acceptors (Lipinski definition) is 3. The molecule has 0 saturated carbocycles. The molecule has 2 amide bonds. The summed E-state index contributed by atoms with van der Waals surface area (Å²) in [6, 6.07) is 10.5. The molecule has 0 aliphatic heterocycles. The fraction of sp³-hybridized carbons (Fsp3) is 0.263. The maximum absolute atomic E-state index is 13.2. The summed E-state index contributed by atoms with van der Waals surface area (Å²) in [5, 5.41) is 5.44. The molecule has 2 N–H and O–H groups in total. The molecule has 1 unspecified atom stereocenters. The predicted molar refractivity (Wildman–Crippen MR) is 100 cm³/mol. The summed E-state index contributed by atoms with van der Waals surface area (Å²) in [7, 11) is 0. The van der Waals surface area contributed by atoms with E-state index in [2.05, 4.69) is 10.6 Å². The Bertz CT molecular complexity index is 782. The van der Waals surface area contributed by atoms with Crippen LogP contribution in [0.15, 0.2) is 42.5 Å².